The van der Waals surface area contributed by atoms with Crippen molar-refractivity contribution in [3.05, 3.63) is 0 Å². The van der Waals surface area contributed by atoms with Crippen LogP contribution >= 0.6 is 0 Å². The first-order valence-corrected chi connectivity index (χ1v) is 19.7. The summed E-state index contributed by atoms with van der Waals surface area (Å²) in [5.74, 6) is 0. The van der Waals surface area contributed by atoms with Crippen molar-refractivity contribution in [2.75, 3.05) is 19.8 Å². The fourth-order valence-corrected chi connectivity index (χ4v) is 18.5. The summed E-state index contributed by atoms with van der Waals surface area (Å²) in [6.45, 7) is 26.4. The van der Waals surface area contributed by atoms with Crippen LogP contribution in [0, 0.1) is 0 Å². The smallest absolute Gasteiger partial charge is 0.395 e. The summed E-state index contributed by atoms with van der Waals surface area (Å²) in [4.78, 5) is 0. The monoisotopic (exact) mass is 442 g/mol. The molecule has 0 heterocycles. The second-order valence-electron chi connectivity index (χ2n) is 8.61. The molecule has 26 heavy (non-hydrogen) atoms. The highest BCUT2D eigenvalue weighted by Crippen LogP contribution is 2.44. The van der Waals surface area contributed by atoms with E-state index in [4.69, 9.17) is 25.6 Å². The third-order valence-corrected chi connectivity index (χ3v) is 17.4. The fourth-order valence-electron chi connectivity index (χ4n) is 2.62. The molecule has 0 saturated carbocycles. The van der Waals surface area contributed by atoms with E-state index in [1.165, 1.54) is 0 Å². The molecule has 0 aromatic carbocycles. The Labute approximate surface area is 166 Å². The van der Waals surface area contributed by atoms with Crippen molar-refractivity contribution < 1.29 is 25.6 Å². The quantitative estimate of drug-likeness (QED) is 0.397. The molecule has 0 N–H and O–H groups in total. The van der Waals surface area contributed by atoms with Crippen LogP contribution in [0.25, 0.3) is 0 Å². The van der Waals surface area contributed by atoms with Crippen LogP contribution in [0.2, 0.25) is 44.3 Å². The molecule has 0 radical (unpaired) electrons. The van der Waals surface area contributed by atoms with Crippen LogP contribution in [0.15, 0.2) is 0 Å². The van der Waals surface area contributed by atoms with Crippen LogP contribution in [-0.2, 0) is 25.6 Å². The van der Waals surface area contributed by atoms with E-state index in [9.17, 15) is 0 Å². The number of hydrogen-bond acceptors (Lipinski definition) is 6. The van der Waals surface area contributed by atoms with Gasteiger partial charge in [-0.05, 0) is 60.1 Å². The lowest BCUT2D eigenvalue weighted by Gasteiger charge is -2.49. The van der Waals surface area contributed by atoms with Gasteiger partial charge in [0.15, 0.2) is 0 Å². The predicted molar refractivity (Wildman–Crippen MR) is 116 cm³/mol. The van der Waals surface area contributed by atoms with Crippen molar-refractivity contribution in [3.63, 3.8) is 0 Å². The average molecular weight is 443 g/mol. The maximum absolute atomic E-state index is 6.72. The summed E-state index contributed by atoms with van der Waals surface area (Å²) in [5.41, 5.74) is 0. The molecule has 0 aromatic heterocycles. The van der Waals surface area contributed by atoms with Gasteiger partial charge in [-0.2, -0.15) is 0 Å². The van der Waals surface area contributed by atoms with Gasteiger partial charge in [-0.15, -0.1) is 0 Å². The Kier molecular flexibility index (Phi) is 10.1. The molecule has 0 bridgehead atoms. The standard InChI is InChI=1S/C16H42O6Si4/c1-13-17-23(7,8)20-26(16(4,5)6,21-24(9,10)18-14-2)22-25(11,12)19-15-3/h13-15H2,1-12H3. The van der Waals surface area contributed by atoms with Crippen molar-refractivity contribution in [2.45, 2.75) is 85.9 Å². The molecule has 158 valence electrons. The third-order valence-electron chi connectivity index (χ3n) is 3.53. The lowest BCUT2D eigenvalue weighted by atomic mass is 10.3. The Morgan fingerprint density at radius 3 is 0.923 bits per heavy atom. The molecular weight excluding hydrogens is 401 g/mol. The maximum Gasteiger partial charge on any atom is 0.479 e. The lowest BCUT2D eigenvalue weighted by Crippen LogP contribution is -2.67. The van der Waals surface area contributed by atoms with Crippen molar-refractivity contribution in [1.82, 2.24) is 0 Å². The molecule has 0 fully saturated rings. The molecule has 0 aromatic rings. The van der Waals surface area contributed by atoms with E-state index < -0.39 is 34.5 Å². The van der Waals surface area contributed by atoms with Crippen LogP contribution in [0.1, 0.15) is 41.5 Å². The molecule has 0 aliphatic heterocycles. The third kappa shape index (κ3) is 8.76. The summed E-state index contributed by atoms with van der Waals surface area (Å²) in [6, 6.07) is 0. The minimum atomic E-state index is -3.20. The molecule has 0 amide bonds. The van der Waals surface area contributed by atoms with Crippen molar-refractivity contribution in [2.24, 2.45) is 0 Å². The predicted octanol–water partition coefficient (Wildman–Crippen LogP) is 4.99. The van der Waals surface area contributed by atoms with E-state index >= 15 is 0 Å². The minimum Gasteiger partial charge on any atom is -0.395 e. The van der Waals surface area contributed by atoms with Gasteiger partial charge < -0.3 is 25.6 Å². The van der Waals surface area contributed by atoms with Crippen molar-refractivity contribution >= 4 is 34.5 Å². The summed E-state index contributed by atoms with van der Waals surface area (Å²) < 4.78 is 38.1. The van der Waals surface area contributed by atoms with E-state index in [2.05, 4.69) is 20.8 Å². The average Bonchev–Trinajstić information content (AvgIpc) is 2.34. The molecular formula is C16H42O6Si4. The van der Waals surface area contributed by atoms with E-state index in [1.807, 2.05) is 60.1 Å². The Hall–Kier alpha value is 0.628. The van der Waals surface area contributed by atoms with E-state index in [-0.39, 0.29) is 5.04 Å². The Balaban J connectivity index is 6.11. The van der Waals surface area contributed by atoms with Gasteiger partial charge in [0, 0.05) is 24.9 Å². The van der Waals surface area contributed by atoms with E-state index in [1.54, 1.807) is 0 Å². The van der Waals surface area contributed by atoms with E-state index in [0.29, 0.717) is 19.8 Å². The normalized spacial score (nSPS) is 14.8. The zero-order valence-corrected chi connectivity index (χ0v) is 23.1. The highest BCUT2D eigenvalue weighted by molar-refractivity contribution is 6.88. The second kappa shape index (κ2) is 9.90. The Bertz CT molecular complexity index is 373. The van der Waals surface area contributed by atoms with Crippen molar-refractivity contribution in [1.29, 1.82) is 0 Å². The van der Waals surface area contributed by atoms with Crippen molar-refractivity contribution in [3.8, 4) is 0 Å². The molecule has 0 atom stereocenters. The topological polar surface area (TPSA) is 55.4 Å². The number of rotatable bonds is 12. The van der Waals surface area contributed by atoms with Gasteiger partial charge in [0.25, 0.3) is 0 Å². The van der Waals surface area contributed by atoms with Gasteiger partial charge in [0.05, 0.1) is 0 Å². The van der Waals surface area contributed by atoms with E-state index in [0.717, 1.165) is 0 Å². The molecule has 0 saturated heterocycles. The zero-order valence-electron chi connectivity index (χ0n) is 19.1. The van der Waals surface area contributed by atoms with Gasteiger partial charge in [-0.3, -0.25) is 0 Å². The zero-order chi connectivity index (χ0) is 20.9. The first kappa shape index (κ1) is 26.6. The SMILES string of the molecule is CCO[Si](C)(C)O[Si](O[Si](C)(C)OCC)(O[Si](C)(C)OCC)C(C)(C)C. The van der Waals surface area contributed by atoms with Gasteiger partial charge in [-0.25, -0.2) is 0 Å². The molecule has 10 heteroatoms. The second-order valence-corrected chi connectivity index (χ2v) is 22.9. The molecule has 0 aliphatic carbocycles. The molecule has 0 unspecified atom stereocenters. The largest absolute Gasteiger partial charge is 0.479 e. The summed E-state index contributed by atoms with van der Waals surface area (Å²) >= 11 is 0. The highest BCUT2D eigenvalue weighted by Gasteiger charge is 2.61. The van der Waals surface area contributed by atoms with Gasteiger partial charge in [0.2, 0.25) is 0 Å². The van der Waals surface area contributed by atoms with Crippen LogP contribution in [-0.4, -0.2) is 54.3 Å². The van der Waals surface area contributed by atoms with Crippen LogP contribution in [0.3, 0.4) is 0 Å². The first-order valence-electron chi connectivity index (χ1n) is 9.57. The van der Waals surface area contributed by atoms with Crippen LogP contribution < -0.4 is 0 Å². The fraction of sp³-hybridized carbons (Fsp3) is 1.00. The Morgan fingerprint density at radius 1 is 0.538 bits per heavy atom. The van der Waals surface area contributed by atoms with Crippen LogP contribution in [0.5, 0.6) is 0 Å². The minimum absolute atomic E-state index is 0.336. The summed E-state index contributed by atoms with van der Waals surface area (Å²) in [5, 5.41) is -0.336. The first-order chi connectivity index (χ1) is 11.6. The number of hydrogen-bond donors (Lipinski definition) is 0. The lowest BCUT2D eigenvalue weighted by molar-refractivity contribution is 0.126. The van der Waals surface area contributed by atoms with Crippen LogP contribution in [0.4, 0.5) is 0 Å². The van der Waals surface area contributed by atoms with Gasteiger partial charge in [-0.1, -0.05) is 20.8 Å². The maximum atomic E-state index is 6.72. The highest BCUT2D eigenvalue weighted by atomic mass is 28.5. The molecule has 0 aliphatic rings. The molecule has 6 nitrogen and oxygen atoms in total. The summed E-state index contributed by atoms with van der Waals surface area (Å²) in [6.07, 6.45) is 0. The van der Waals surface area contributed by atoms with Gasteiger partial charge >= 0.3 is 34.5 Å². The van der Waals surface area contributed by atoms with Gasteiger partial charge in [0.1, 0.15) is 0 Å². The Morgan fingerprint density at radius 2 is 0.769 bits per heavy atom. The summed E-state index contributed by atoms with van der Waals surface area (Å²) in [7, 11) is -10.6. The molecule has 0 spiro atoms. The molecule has 0 rings (SSSR count).